The van der Waals surface area contributed by atoms with Crippen molar-refractivity contribution in [1.29, 1.82) is 5.41 Å². The Morgan fingerprint density at radius 1 is 1.65 bits per heavy atom. The minimum absolute atomic E-state index is 0.0738. The Balaban J connectivity index is 2.46. The van der Waals surface area contributed by atoms with Gasteiger partial charge < -0.3 is 10.6 Å². The minimum Gasteiger partial charge on any atom is -0.384 e. The summed E-state index contributed by atoms with van der Waals surface area (Å²) in [5.74, 6) is 1.61. The first-order valence-corrected chi connectivity index (χ1v) is 9.06. The van der Waals surface area contributed by atoms with Crippen LogP contribution in [0.2, 0.25) is 0 Å². The fourth-order valence-corrected chi connectivity index (χ4v) is 5.03. The summed E-state index contributed by atoms with van der Waals surface area (Å²) in [6.45, 7) is 2.18. The second kappa shape index (κ2) is 5.96. The monoisotopic (exact) mass is 315 g/mol. The van der Waals surface area contributed by atoms with Crippen LogP contribution in [0, 0.1) is 5.41 Å². The predicted molar refractivity (Wildman–Crippen MR) is 81.0 cm³/mol. The lowest BCUT2D eigenvalue weighted by Crippen LogP contribution is -2.49. The molecule has 9 heteroatoms. The Morgan fingerprint density at radius 2 is 2.40 bits per heavy atom. The number of hydrogen-bond acceptors (Lipinski definition) is 7. The number of sulfone groups is 1. The maximum Gasteiger partial charge on any atom is 0.171 e. The molecule has 0 saturated carbocycles. The van der Waals surface area contributed by atoms with Crippen molar-refractivity contribution in [1.82, 2.24) is 10.2 Å². The summed E-state index contributed by atoms with van der Waals surface area (Å²) in [6.07, 6.45) is 1.45. The van der Waals surface area contributed by atoms with Crippen molar-refractivity contribution in [3.05, 3.63) is 17.8 Å². The topological polar surface area (TPSA) is 113 Å². The lowest BCUT2D eigenvalue weighted by atomic mass is 10.2. The summed E-state index contributed by atoms with van der Waals surface area (Å²) in [6, 6.07) is 1.59. The molecule has 0 aliphatic carbocycles. The maximum absolute atomic E-state index is 12.2. The van der Waals surface area contributed by atoms with Crippen LogP contribution in [0.25, 0.3) is 0 Å². The molecule has 1 aliphatic heterocycles. The van der Waals surface area contributed by atoms with Crippen LogP contribution in [-0.4, -0.2) is 53.6 Å². The van der Waals surface area contributed by atoms with Crippen molar-refractivity contribution in [2.24, 2.45) is 5.73 Å². The third-order valence-corrected chi connectivity index (χ3v) is 6.45. The minimum atomic E-state index is -3.24. The molecule has 0 radical (unpaired) electrons. The van der Waals surface area contributed by atoms with Gasteiger partial charge in [-0.15, -0.1) is 5.10 Å². The molecule has 0 bridgehead atoms. The van der Waals surface area contributed by atoms with Crippen LogP contribution < -0.4 is 10.6 Å². The summed E-state index contributed by atoms with van der Waals surface area (Å²) in [7, 11) is -3.24. The summed E-state index contributed by atoms with van der Waals surface area (Å²) in [4.78, 5) is 1.71. The molecular formula is C11H17N5O2S2. The van der Waals surface area contributed by atoms with Crippen LogP contribution in [-0.2, 0) is 9.84 Å². The van der Waals surface area contributed by atoms with E-state index >= 15 is 0 Å². The highest BCUT2D eigenvalue weighted by Crippen LogP contribution is 2.27. The number of nitrogens with zero attached hydrogens (tertiary/aromatic N) is 3. The van der Waals surface area contributed by atoms with E-state index in [1.807, 2.05) is 0 Å². The fraction of sp³-hybridized carbons (Fsp3) is 0.545. The Bertz CT molecular complexity index is 605. The average Bonchev–Trinajstić information content (AvgIpc) is 2.47. The molecule has 1 unspecified atom stereocenters. The Kier molecular flexibility index (Phi) is 4.48. The van der Waals surface area contributed by atoms with Crippen molar-refractivity contribution >= 4 is 33.3 Å². The van der Waals surface area contributed by atoms with Gasteiger partial charge in [-0.2, -0.15) is 16.9 Å². The molecule has 1 saturated heterocycles. The SMILES string of the molecule is CCS(=O)(=O)C1CSCCN1c1nnccc1C(=N)N. The lowest BCUT2D eigenvalue weighted by Gasteiger charge is -2.36. The first-order valence-electron chi connectivity index (χ1n) is 6.19. The summed E-state index contributed by atoms with van der Waals surface area (Å²) >= 11 is 1.60. The second-order valence-corrected chi connectivity index (χ2v) is 7.95. The van der Waals surface area contributed by atoms with E-state index in [0.29, 0.717) is 23.7 Å². The van der Waals surface area contributed by atoms with Gasteiger partial charge >= 0.3 is 0 Å². The predicted octanol–water partition coefficient (Wildman–Crippen LogP) is 0.0747. The zero-order chi connectivity index (χ0) is 14.8. The number of nitrogens with one attached hydrogen (secondary N) is 1. The van der Waals surface area contributed by atoms with Gasteiger partial charge in [0.05, 0.1) is 11.8 Å². The number of thioether (sulfide) groups is 1. The van der Waals surface area contributed by atoms with E-state index in [-0.39, 0.29) is 11.6 Å². The van der Waals surface area contributed by atoms with Crippen molar-refractivity contribution < 1.29 is 8.42 Å². The largest absolute Gasteiger partial charge is 0.384 e. The van der Waals surface area contributed by atoms with Crippen molar-refractivity contribution in [3.8, 4) is 0 Å². The zero-order valence-electron chi connectivity index (χ0n) is 11.1. The van der Waals surface area contributed by atoms with Gasteiger partial charge in [0.2, 0.25) is 0 Å². The van der Waals surface area contributed by atoms with E-state index < -0.39 is 15.2 Å². The van der Waals surface area contributed by atoms with Gasteiger partial charge in [-0.3, -0.25) is 5.41 Å². The van der Waals surface area contributed by atoms with Crippen molar-refractivity contribution in [3.63, 3.8) is 0 Å². The number of aromatic nitrogens is 2. The number of amidine groups is 1. The van der Waals surface area contributed by atoms with Gasteiger partial charge in [0.25, 0.3) is 0 Å². The van der Waals surface area contributed by atoms with E-state index in [0.717, 1.165) is 5.75 Å². The van der Waals surface area contributed by atoms with Crippen molar-refractivity contribution in [2.75, 3.05) is 28.7 Å². The summed E-state index contributed by atoms with van der Waals surface area (Å²) in [5, 5.41) is 14.8. The van der Waals surface area contributed by atoms with Gasteiger partial charge in [0.1, 0.15) is 11.2 Å². The number of anilines is 1. The van der Waals surface area contributed by atoms with Gasteiger partial charge in [-0.1, -0.05) is 6.92 Å². The number of nitrogen functional groups attached to an aromatic ring is 1. The van der Waals surface area contributed by atoms with Crippen LogP contribution in [0.15, 0.2) is 12.3 Å². The first-order chi connectivity index (χ1) is 9.47. The molecule has 0 aromatic carbocycles. The van der Waals surface area contributed by atoms with Crippen LogP contribution in [0.3, 0.4) is 0 Å². The molecule has 3 N–H and O–H groups in total. The highest BCUT2D eigenvalue weighted by molar-refractivity contribution is 8.01. The van der Waals surface area contributed by atoms with Gasteiger partial charge in [0.15, 0.2) is 15.7 Å². The quantitative estimate of drug-likeness (QED) is 0.597. The Morgan fingerprint density at radius 3 is 3.05 bits per heavy atom. The molecule has 20 heavy (non-hydrogen) atoms. The van der Waals surface area contributed by atoms with Crippen LogP contribution in [0.5, 0.6) is 0 Å². The van der Waals surface area contributed by atoms with Crippen molar-refractivity contribution in [2.45, 2.75) is 12.3 Å². The third kappa shape index (κ3) is 2.88. The molecule has 2 heterocycles. The first kappa shape index (κ1) is 15.0. The zero-order valence-corrected chi connectivity index (χ0v) is 12.7. The molecule has 0 spiro atoms. The van der Waals surface area contributed by atoms with E-state index in [1.54, 1.807) is 29.7 Å². The highest BCUT2D eigenvalue weighted by atomic mass is 32.2. The lowest BCUT2D eigenvalue weighted by molar-refractivity contribution is 0.578. The normalized spacial score (nSPS) is 19.9. The molecule has 1 aromatic heterocycles. The van der Waals surface area contributed by atoms with E-state index in [4.69, 9.17) is 11.1 Å². The Hall–Kier alpha value is -1.35. The number of nitrogens with two attached hydrogens (primary N) is 1. The molecule has 1 aliphatic rings. The summed E-state index contributed by atoms with van der Waals surface area (Å²) < 4.78 is 24.5. The average molecular weight is 315 g/mol. The van der Waals surface area contributed by atoms with Crippen LogP contribution >= 0.6 is 11.8 Å². The van der Waals surface area contributed by atoms with Crippen LogP contribution in [0.4, 0.5) is 5.82 Å². The number of rotatable bonds is 4. The molecule has 0 amide bonds. The van der Waals surface area contributed by atoms with E-state index in [1.165, 1.54) is 6.20 Å². The molecule has 110 valence electrons. The molecule has 1 aromatic rings. The molecule has 1 atom stereocenters. The van der Waals surface area contributed by atoms with E-state index in [2.05, 4.69) is 10.2 Å². The highest BCUT2D eigenvalue weighted by Gasteiger charge is 2.35. The maximum atomic E-state index is 12.2. The van der Waals surface area contributed by atoms with Gasteiger partial charge in [0, 0.05) is 23.8 Å². The molecule has 1 fully saturated rings. The van der Waals surface area contributed by atoms with E-state index in [9.17, 15) is 8.42 Å². The van der Waals surface area contributed by atoms with Gasteiger partial charge in [-0.25, -0.2) is 8.42 Å². The van der Waals surface area contributed by atoms with Gasteiger partial charge in [-0.05, 0) is 6.07 Å². The fourth-order valence-electron chi connectivity index (χ4n) is 2.06. The standard InChI is InChI=1S/C11H17N5O2S2/c1-2-20(17,18)9-7-19-6-5-16(9)11-8(10(12)13)3-4-14-15-11/h3-4,9H,2,5-7H2,1H3,(H3,12,13). The third-order valence-electron chi connectivity index (χ3n) is 3.16. The number of hydrogen-bond donors (Lipinski definition) is 2. The second-order valence-electron chi connectivity index (χ2n) is 4.36. The summed E-state index contributed by atoms with van der Waals surface area (Å²) in [5.41, 5.74) is 5.96. The molecular weight excluding hydrogens is 298 g/mol. The smallest absolute Gasteiger partial charge is 0.171 e. The molecule has 2 rings (SSSR count). The van der Waals surface area contributed by atoms with Crippen LogP contribution in [0.1, 0.15) is 12.5 Å². The Labute approximate surface area is 122 Å². The molecule has 7 nitrogen and oxygen atoms in total.